The van der Waals surface area contributed by atoms with Crippen LogP contribution in [-0.4, -0.2) is 0 Å². The Hall–Kier alpha value is -0.680. The van der Waals surface area contributed by atoms with Gasteiger partial charge in [-0.2, -0.15) is 22.7 Å². The Balaban J connectivity index is 2.29. The fourth-order valence-electron chi connectivity index (χ4n) is 1.26. The number of nitrogens with one attached hydrogen (secondary N) is 1. The lowest BCUT2D eigenvalue weighted by Crippen LogP contribution is -2.28. The summed E-state index contributed by atoms with van der Waals surface area (Å²) in [5, 5.41) is 8.35. The largest absolute Gasteiger partial charge is 0.271 e. The maximum absolute atomic E-state index is 5.51. The molecule has 0 radical (unpaired) electrons. The molecule has 68 valence electrons. The Morgan fingerprint density at radius 3 is 1.92 bits per heavy atom. The van der Waals surface area contributed by atoms with Crippen LogP contribution in [0.2, 0.25) is 0 Å². The summed E-state index contributed by atoms with van der Waals surface area (Å²) in [7, 11) is 0. The van der Waals surface area contributed by atoms with Crippen LogP contribution in [0.3, 0.4) is 0 Å². The molecule has 0 spiro atoms. The zero-order valence-corrected chi connectivity index (χ0v) is 8.57. The van der Waals surface area contributed by atoms with Crippen LogP contribution in [-0.2, 0) is 0 Å². The summed E-state index contributed by atoms with van der Waals surface area (Å²) in [6.07, 6.45) is 0. The molecular formula is C9H10N2S2. The monoisotopic (exact) mass is 210 g/mol. The molecule has 0 aliphatic rings. The van der Waals surface area contributed by atoms with E-state index in [0.717, 1.165) is 0 Å². The predicted octanol–water partition coefficient (Wildman–Crippen LogP) is 2.36. The van der Waals surface area contributed by atoms with E-state index in [1.54, 1.807) is 22.7 Å². The normalized spacial score (nSPS) is 10.9. The summed E-state index contributed by atoms with van der Waals surface area (Å²) >= 11 is 3.38. The highest BCUT2D eigenvalue weighted by atomic mass is 32.1. The number of hydrazine groups is 1. The van der Waals surface area contributed by atoms with Crippen LogP contribution in [0, 0.1) is 0 Å². The van der Waals surface area contributed by atoms with Crippen LogP contribution >= 0.6 is 22.7 Å². The van der Waals surface area contributed by atoms with Gasteiger partial charge in [-0.15, -0.1) is 0 Å². The third-order valence-electron chi connectivity index (χ3n) is 1.92. The average Bonchev–Trinajstić information content (AvgIpc) is 2.76. The molecule has 2 aromatic rings. The predicted molar refractivity (Wildman–Crippen MR) is 57.8 cm³/mol. The molecule has 0 amide bonds. The Morgan fingerprint density at radius 1 is 1.08 bits per heavy atom. The van der Waals surface area contributed by atoms with Gasteiger partial charge in [-0.1, -0.05) is 0 Å². The molecule has 0 aliphatic carbocycles. The first-order chi connectivity index (χ1) is 6.42. The molecule has 0 saturated carbocycles. The summed E-state index contributed by atoms with van der Waals surface area (Å²) in [5.41, 5.74) is 5.28. The number of thiophene rings is 2. The van der Waals surface area contributed by atoms with Gasteiger partial charge in [-0.25, -0.2) is 5.43 Å². The van der Waals surface area contributed by atoms with Crippen molar-refractivity contribution in [1.29, 1.82) is 0 Å². The summed E-state index contributed by atoms with van der Waals surface area (Å²) in [5.74, 6) is 5.51. The van der Waals surface area contributed by atoms with E-state index in [-0.39, 0.29) is 6.04 Å². The molecule has 2 aromatic heterocycles. The quantitative estimate of drug-likeness (QED) is 0.603. The molecule has 0 fully saturated rings. The molecule has 0 unspecified atom stereocenters. The molecule has 0 aromatic carbocycles. The standard InChI is InChI=1S/C9H10N2S2/c10-11-9(7-1-3-12-5-7)8-2-4-13-6-8/h1-6,9,11H,10H2. The van der Waals surface area contributed by atoms with E-state index in [1.807, 2.05) is 0 Å². The number of hydrogen-bond donors (Lipinski definition) is 2. The van der Waals surface area contributed by atoms with Crippen molar-refractivity contribution in [1.82, 2.24) is 5.43 Å². The number of hydrogen-bond acceptors (Lipinski definition) is 4. The highest BCUT2D eigenvalue weighted by Gasteiger charge is 2.12. The van der Waals surface area contributed by atoms with Crippen LogP contribution in [0.1, 0.15) is 17.2 Å². The Bertz CT molecular complexity index is 305. The van der Waals surface area contributed by atoms with E-state index in [9.17, 15) is 0 Å². The van der Waals surface area contributed by atoms with Crippen LogP contribution in [0.5, 0.6) is 0 Å². The van der Waals surface area contributed by atoms with Gasteiger partial charge in [-0.05, 0) is 44.8 Å². The lowest BCUT2D eigenvalue weighted by Gasteiger charge is -2.12. The minimum absolute atomic E-state index is 0.137. The van der Waals surface area contributed by atoms with E-state index < -0.39 is 0 Å². The van der Waals surface area contributed by atoms with Crippen molar-refractivity contribution in [2.24, 2.45) is 5.84 Å². The second-order valence-corrected chi connectivity index (χ2v) is 4.27. The van der Waals surface area contributed by atoms with Crippen LogP contribution in [0.15, 0.2) is 33.7 Å². The first kappa shape index (κ1) is 8.90. The maximum atomic E-state index is 5.51. The smallest absolute Gasteiger partial charge is 0.0726 e. The average molecular weight is 210 g/mol. The minimum Gasteiger partial charge on any atom is -0.271 e. The third-order valence-corrected chi connectivity index (χ3v) is 3.32. The van der Waals surface area contributed by atoms with Crippen LogP contribution < -0.4 is 11.3 Å². The molecule has 0 aliphatic heterocycles. The van der Waals surface area contributed by atoms with Crippen molar-refractivity contribution >= 4 is 22.7 Å². The highest BCUT2D eigenvalue weighted by Crippen LogP contribution is 2.24. The second-order valence-electron chi connectivity index (χ2n) is 2.71. The molecule has 13 heavy (non-hydrogen) atoms. The highest BCUT2D eigenvalue weighted by molar-refractivity contribution is 7.08. The molecule has 0 atom stereocenters. The lowest BCUT2D eigenvalue weighted by atomic mass is 10.1. The Labute approximate surface area is 85.0 Å². The van der Waals surface area contributed by atoms with Gasteiger partial charge in [0.2, 0.25) is 0 Å². The summed E-state index contributed by atoms with van der Waals surface area (Å²) in [4.78, 5) is 0. The summed E-state index contributed by atoms with van der Waals surface area (Å²) in [6.45, 7) is 0. The van der Waals surface area contributed by atoms with Gasteiger partial charge in [-0.3, -0.25) is 5.84 Å². The number of rotatable bonds is 3. The van der Waals surface area contributed by atoms with E-state index in [2.05, 4.69) is 39.1 Å². The lowest BCUT2D eigenvalue weighted by molar-refractivity contribution is 0.641. The van der Waals surface area contributed by atoms with Gasteiger partial charge in [0.05, 0.1) is 6.04 Å². The van der Waals surface area contributed by atoms with Crippen molar-refractivity contribution in [2.75, 3.05) is 0 Å². The maximum Gasteiger partial charge on any atom is 0.0726 e. The first-order valence-electron chi connectivity index (χ1n) is 3.92. The van der Waals surface area contributed by atoms with E-state index in [1.165, 1.54) is 11.1 Å². The van der Waals surface area contributed by atoms with Crippen LogP contribution in [0.25, 0.3) is 0 Å². The minimum atomic E-state index is 0.137. The molecule has 4 heteroatoms. The Morgan fingerprint density at radius 2 is 1.62 bits per heavy atom. The fourth-order valence-corrected chi connectivity index (χ4v) is 2.64. The molecule has 2 nitrogen and oxygen atoms in total. The fraction of sp³-hybridized carbons (Fsp3) is 0.111. The van der Waals surface area contributed by atoms with Crippen molar-refractivity contribution in [3.05, 3.63) is 44.8 Å². The number of nitrogens with two attached hydrogens (primary N) is 1. The van der Waals surface area contributed by atoms with Crippen molar-refractivity contribution < 1.29 is 0 Å². The van der Waals surface area contributed by atoms with Gasteiger partial charge in [0.15, 0.2) is 0 Å². The molecule has 0 saturated heterocycles. The van der Waals surface area contributed by atoms with Crippen molar-refractivity contribution in [3.8, 4) is 0 Å². The van der Waals surface area contributed by atoms with Gasteiger partial charge < -0.3 is 0 Å². The molecule has 2 heterocycles. The van der Waals surface area contributed by atoms with Crippen molar-refractivity contribution in [2.45, 2.75) is 6.04 Å². The van der Waals surface area contributed by atoms with Crippen molar-refractivity contribution in [3.63, 3.8) is 0 Å². The van der Waals surface area contributed by atoms with E-state index in [0.29, 0.717) is 0 Å². The van der Waals surface area contributed by atoms with E-state index >= 15 is 0 Å². The van der Waals surface area contributed by atoms with Crippen LogP contribution in [0.4, 0.5) is 0 Å². The summed E-state index contributed by atoms with van der Waals surface area (Å²) < 4.78 is 0. The second kappa shape index (κ2) is 4.02. The third kappa shape index (κ3) is 1.81. The molecule has 2 rings (SSSR count). The Kier molecular flexibility index (Phi) is 2.75. The van der Waals surface area contributed by atoms with E-state index in [4.69, 9.17) is 5.84 Å². The topological polar surface area (TPSA) is 38.0 Å². The van der Waals surface area contributed by atoms with Gasteiger partial charge in [0.25, 0.3) is 0 Å². The first-order valence-corrected chi connectivity index (χ1v) is 5.80. The zero-order chi connectivity index (χ0) is 9.10. The molecule has 0 bridgehead atoms. The van der Waals surface area contributed by atoms with Gasteiger partial charge in [0, 0.05) is 0 Å². The zero-order valence-electron chi connectivity index (χ0n) is 6.94. The molecule has 3 N–H and O–H groups in total. The summed E-state index contributed by atoms with van der Waals surface area (Å²) in [6, 6.07) is 4.32. The van der Waals surface area contributed by atoms with Gasteiger partial charge in [0.1, 0.15) is 0 Å². The SMILES string of the molecule is NNC(c1ccsc1)c1ccsc1. The molecular weight excluding hydrogens is 200 g/mol. The van der Waals surface area contributed by atoms with Gasteiger partial charge >= 0.3 is 0 Å².